The van der Waals surface area contributed by atoms with E-state index in [4.69, 9.17) is 14.7 Å². The molecule has 0 unspecified atom stereocenters. The van der Waals surface area contributed by atoms with E-state index < -0.39 is 0 Å². The second-order valence-electron chi connectivity index (χ2n) is 13.0. The fourth-order valence-corrected chi connectivity index (χ4v) is 8.26. The average Bonchev–Trinajstić information content (AvgIpc) is 3.73. The van der Waals surface area contributed by atoms with Crippen LogP contribution in [0.15, 0.2) is 91.3 Å². The van der Waals surface area contributed by atoms with Gasteiger partial charge in [0.15, 0.2) is 0 Å². The Morgan fingerprint density at radius 1 is 0.898 bits per heavy atom. The highest BCUT2D eigenvalue weighted by Gasteiger charge is 2.41. The number of hydrogen-bond acceptors (Lipinski definition) is 8. The summed E-state index contributed by atoms with van der Waals surface area (Å²) >= 11 is 1.64. The number of para-hydroxylation sites is 2. The molecular weight excluding hydrogens is 635 g/mol. The van der Waals surface area contributed by atoms with Crippen molar-refractivity contribution in [1.29, 1.82) is 0 Å². The van der Waals surface area contributed by atoms with Crippen LogP contribution in [-0.2, 0) is 11.2 Å². The van der Waals surface area contributed by atoms with Gasteiger partial charge < -0.3 is 24.8 Å². The molecule has 2 aromatic carbocycles. The van der Waals surface area contributed by atoms with Gasteiger partial charge in [-0.15, -0.1) is 11.3 Å². The summed E-state index contributed by atoms with van der Waals surface area (Å²) < 4.78 is 5.47. The maximum Gasteiger partial charge on any atom is 0.259 e. The third kappa shape index (κ3) is 5.35. The predicted molar refractivity (Wildman–Crippen MR) is 191 cm³/mol. The summed E-state index contributed by atoms with van der Waals surface area (Å²) in [6, 6.07) is 24.7. The monoisotopic (exact) mass is 667 g/mol. The Morgan fingerprint density at radius 3 is 2.49 bits per heavy atom. The number of ether oxygens (including phenoxy) is 1. The molecule has 49 heavy (non-hydrogen) atoms. The van der Waals surface area contributed by atoms with Gasteiger partial charge in [-0.25, -0.2) is 9.97 Å². The van der Waals surface area contributed by atoms with Crippen LogP contribution >= 0.6 is 11.3 Å². The molecule has 2 fully saturated rings. The Balaban J connectivity index is 0.922. The molecule has 9 rings (SSSR count). The SMILES string of the molecule is O=C(Nc1ccc(C(=O)N2CCc3cc(-c4nc5ccccc5[nH]4)sc3-c3ncccc32)cc1)c1cccnc1N1CCC2(CC1)COC2. The lowest BCUT2D eigenvalue weighted by atomic mass is 9.77. The van der Waals surface area contributed by atoms with Crippen molar-refractivity contribution in [2.75, 3.05) is 48.0 Å². The molecule has 244 valence electrons. The minimum absolute atomic E-state index is 0.117. The third-order valence-electron chi connectivity index (χ3n) is 9.94. The number of carbonyl (C=O) groups is 2. The maximum atomic E-state index is 14.0. The standard InChI is InChI=1S/C38H33N7O3S/c46-36(27-5-3-17-40-35(27)44-19-14-38(15-20-44)22-48-23-38)41-26-11-9-24(10-12-26)37(47)45-18-13-25-21-31(34-42-28-6-1-2-7-29(28)43-34)49-33(25)32-30(45)8-4-16-39-32/h1-12,16-17,21H,13-15,18-20,22-23H2,(H,41,46)(H,42,43). The first-order valence-electron chi connectivity index (χ1n) is 16.6. The number of benzene rings is 2. The molecule has 1 spiro atoms. The summed E-state index contributed by atoms with van der Waals surface area (Å²) in [5.41, 5.74) is 6.61. The van der Waals surface area contributed by atoms with Crippen LogP contribution in [-0.4, -0.2) is 64.6 Å². The lowest BCUT2D eigenvalue weighted by Gasteiger charge is -2.47. The van der Waals surface area contributed by atoms with Crippen LogP contribution in [0.2, 0.25) is 0 Å². The van der Waals surface area contributed by atoms with Gasteiger partial charge in [-0.05, 0) is 91.6 Å². The number of rotatable bonds is 5. The van der Waals surface area contributed by atoms with E-state index in [1.807, 2.05) is 47.4 Å². The highest BCUT2D eigenvalue weighted by atomic mass is 32.1. The number of nitrogens with zero attached hydrogens (tertiary/aromatic N) is 5. The molecule has 6 aromatic rings. The summed E-state index contributed by atoms with van der Waals surface area (Å²) in [6.07, 6.45) is 6.26. The van der Waals surface area contributed by atoms with E-state index in [-0.39, 0.29) is 11.8 Å². The fraction of sp³-hybridized carbons (Fsp3) is 0.237. The first-order valence-corrected chi connectivity index (χ1v) is 17.4. The number of carbonyl (C=O) groups excluding carboxylic acids is 2. The van der Waals surface area contributed by atoms with Crippen LogP contribution in [0.25, 0.3) is 32.3 Å². The van der Waals surface area contributed by atoms with Crippen LogP contribution in [0.5, 0.6) is 0 Å². The Morgan fingerprint density at radius 2 is 1.69 bits per heavy atom. The zero-order chi connectivity index (χ0) is 33.0. The van der Waals surface area contributed by atoms with Gasteiger partial charge in [-0.3, -0.25) is 14.6 Å². The first-order chi connectivity index (χ1) is 24.0. The smallest absolute Gasteiger partial charge is 0.259 e. The number of nitrogens with one attached hydrogen (secondary N) is 2. The number of imidazole rings is 1. The van der Waals surface area contributed by atoms with Gasteiger partial charge in [0, 0.05) is 48.7 Å². The third-order valence-corrected chi connectivity index (χ3v) is 11.1. The van der Waals surface area contributed by atoms with Crippen LogP contribution in [0.4, 0.5) is 17.2 Å². The van der Waals surface area contributed by atoms with E-state index in [1.165, 1.54) is 0 Å². The summed E-state index contributed by atoms with van der Waals surface area (Å²) in [5, 5.41) is 3.02. The molecule has 2 saturated heterocycles. The van der Waals surface area contributed by atoms with Crippen molar-refractivity contribution in [3.8, 4) is 21.3 Å². The van der Waals surface area contributed by atoms with Gasteiger partial charge >= 0.3 is 0 Å². The molecule has 0 radical (unpaired) electrons. The number of aromatic amines is 1. The van der Waals surface area contributed by atoms with Crippen LogP contribution < -0.4 is 15.1 Å². The molecule has 10 nitrogen and oxygen atoms in total. The molecule has 0 atom stereocenters. The van der Waals surface area contributed by atoms with E-state index >= 15 is 0 Å². The Hall–Kier alpha value is -5.39. The molecule has 2 N–H and O–H groups in total. The fourth-order valence-electron chi connectivity index (χ4n) is 7.10. The number of thiophene rings is 1. The van der Waals surface area contributed by atoms with Crippen molar-refractivity contribution in [2.24, 2.45) is 5.41 Å². The van der Waals surface area contributed by atoms with Crippen LogP contribution in [0.3, 0.4) is 0 Å². The Bertz CT molecular complexity index is 2180. The van der Waals surface area contributed by atoms with Crippen molar-refractivity contribution in [2.45, 2.75) is 19.3 Å². The molecule has 7 heterocycles. The zero-order valence-electron chi connectivity index (χ0n) is 26.7. The van der Waals surface area contributed by atoms with Crippen molar-refractivity contribution in [1.82, 2.24) is 19.9 Å². The Labute approximate surface area is 286 Å². The first kappa shape index (κ1) is 29.7. The van der Waals surface area contributed by atoms with E-state index in [1.54, 1.807) is 54.1 Å². The molecule has 0 saturated carbocycles. The molecule has 3 aliphatic heterocycles. The maximum absolute atomic E-state index is 14.0. The van der Waals surface area contributed by atoms with Gasteiger partial charge in [0.05, 0.1) is 45.3 Å². The van der Waals surface area contributed by atoms with Gasteiger partial charge in [0.2, 0.25) is 0 Å². The summed E-state index contributed by atoms with van der Waals surface area (Å²) in [7, 11) is 0. The quantitative estimate of drug-likeness (QED) is 0.207. The number of piperidine rings is 1. The lowest BCUT2D eigenvalue weighted by Crippen LogP contribution is -2.51. The number of aromatic nitrogens is 4. The average molecular weight is 668 g/mol. The van der Waals surface area contributed by atoms with Crippen LogP contribution in [0.1, 0.15) is 39.1 Å². The minimum atomic E-state index is -0.227. The van der Waals surface area contributed by atoms with Gasteiger partial charge in [0.25, 0.3) is 11.8 Å². The molecule has 3 aliphatic rings. The summed E-state index contributed by atoms with van der Waals surface area (Å²) in [6.45, 7) is 3.87. The van der Waals surface area contributed by atoms with E-state index in [0.29, 0.717) is 41.0 Å². The van der Waals surface area contributed by atoms with Gasteiger partial charge in [-0.2, -0.15) is 0 Å². The molecule has 4 aromatic heterocycles. The number of hydrogen-bond donors (Lipinski definition) is 2. The number of H-pyrrole nitrogens is 1. The second kappa shape index (κ2) is 11.9. The van der Waals surface area contributed by atoms with Crippen molar-refractivity contribution < 1.29 is 14.3 Å². The van der Waals surface area contributed by atoms with Crippen LogP contribution in [0, 0.1) is 5.41 Å². The summed E-state index contributed by atoms with van der Waals surface area (Å²) in [4.78, 5) is 51.2. The van der Waals surface area contributed by atoms with Crippen molar-refractivity contribution in [3.05, 3.63) is 108 Å². The van der Waals surface area contributed by atoms with Gasteiger partial charge in [-0.1, -0.05) is 12.1 Å². The van der Waals surface area contributed by atoms with E-state index in [9.17, 15) is 9.59 Å². The molecule has 11 heteroatoms. The second-order valence-corrected chi connectivity index (χ2v) is 14.1. The number of pyridine rings is 2. The molecule has 0 bridgehead atoms. The normalized spacial score (nSPS) is 16.5. The minimum Gasteiger partial charge on any atom is -0.380 e. The highest BCUT2D eigenvalue weighted by Crippen LogP contribution is 2.43. The van der Waals surface area contributed by atoms with Gasteiger partial charge in [0.1, 0.15) is 17.3 Å². The largest absolute Gasteiger partial charge is 0.380 e. The number of anilines is 3. The number of amides is 2. The van der Waals surface area contributed by atoms with E-state index in [2.05, 4.69) is 26.3 Å². The zero-order valence-corrected chi connectivity index (χ0v) is 27.5. The lowest BCUT2D eigenvalue weighted by molar-refractivity contribution is -0.124. The predicted octanol–water partition coefficient (Wildman–Crippen LogP) is 6.82. The molecular formula is C38H33N7O3S. The topological polar surface area (TPSA) is 116 Å². The summed E-state index contributed by atoms with van der Waals surface area (Å²) in [5.74, 6) is 1.19. The van der Waals surface area contributed by atoms with Crippen molar-refractivity contribution >= 4 is 51.4 Å². The van der Waals surface area contributed by atoms with E-state index in [0.717, 1.165) is 82.7 Å². The number of fused-ring (bicyclic) bond motifs is 4. The molecule has 0 aliphatic carbocycles. The Kier molecular flexibility index (Phi) is 7.24. The van der Waals surface area contributed by atoms with Crippen molar-refractivity contribution in [3.63, 3.8) is 0 Å². The molecule has 2 amide bonds. The highest BCUT2D eigenvalue weighted by molar-refractivity contribution is 7.19.